The van der Waals surface area contributed by atoms with Crippen molar-refractivity contribution >= 4 is 35.0 Å². The van der Waals surface area contributed by atoms with Crippen molar-refractivity contribution < 1.29 is 14.3 Å². The van der Waals surface area contributed by atoms with Crippen molar-refractivity contribution in [3.05, 3.63) is 39.4 Å². The lowest BCUT2D eigenvalue weighted by Crippen LogP contribution is -2.30. The highest BCUT2D eigenvalue weighted by Crippen LogP contribution is 2.28. The first-order chi connectivity index (χ1) is 13.5. The summed E-state index contributed by atoms with van der Waals surface area (Å²) in [5.74, 6) is -0.0308. The quantitative estimate of drug-likeness (QED) is 0.361. The Morgan fingerprint density at radius 3 is 2.79 bits per heavy atom. The lowest BCUT2D eigenvalue weighted by atomic mass is 10.2. The van der Waals surface area contributed by atoms with Gasteiger partial charge in [0, 0.05) is 13.0 Å². The van der Waals surface area contributed by atoms with E-state index in [4.69, 9.17) is 17.0 Å². The van der Waals surface area contributed by atoms with Crippen LogP contribution < -0.4 is 10.9 Å². The van der Waals surface area contributed by atoms with E-state index >= 15 is 0 Å². The summed E-state index contributed by atoms with van der Waals surface area (Å²) in [5, 5.41) is 3.20. The summed E-state index contributed by atoms with van der Waals surface area (Å²) < 4.78 is 7.03. The topological polar surface area (TPSA) is 93.2 Å². The van der Waals surface area contributed by atoms with Gasteiger partial charge in [-0.1, -0.05) is 18.6 Å². The van der Waals surface area contributed by atoms with Crippen LogP contribution in [0.15, 0.2) is 29.1 Å². The van der Waals surface area contributed by atoms with E-state index in [1.165, 1.54) is 0 Å². The smallest absolute Gasteiger partial charge is 0.325 e. The fraction of sp³-hybridized carbons (Fsp3) is 0.500. The van der Waals surface area contributed by atoms with Gasteiger partial charge in [0.05, 0.1) is 17.5 Å². The molecule has 0 spiro atoms. The van der Waals surface area contributed by atoms with E-state index in [1.807, 2.05) is 18.2 Å². The van der Waals surface area contributed by atoms with Crippen LogP contribution in [0.4, 0.5) is 0 Å². The van der Waals surface area contributed by atoms with Gasteiger partial charge in [-0.25, -0.2) is 0 Å². The Bertz CT molecular complexity index is 962. The molecule has 1 aliphatic carbocycles. The molecule has 7 nitrogen and oxygen atoms in total. The van der Waals surface area contributed by atoms with Crippen molar-refractivity contribution in [1.82, 2.24) is 14.9 Å². The van der Waals surface area contributed by atoms with Gasteiger partial charge in [-0.15, -0.1) is 0 Å². The van der Waals surface area contributed by atoms with Crippen molar-refractivity contribution in [2.45, 2.75) is 45.1 Å². The average Bonchev–Trinajstić information content (AvgIpc) is 3.51. The molecule has 0 unspecified atom stereocenters. The molecule has 2 N–H and O–H groups in total. The molecule has 150 valence electrons. The maximum Gasteiger partial charge on any atom is 0.325 e. The zero-order valence-corrected chi connectivity index (χ0v) is 16.6. The van der Waals surface area contributed by atoms with E-state index in [9.17, 15) is 14.4 Å². The van der Waals surface area contributed by atoms with Gasteiger partial charge in [-0.05, 0) is 56.0 Å². The summed E-state index contributed by atoms with van der Waals surface area (Å²) in [6, 6.07) is 7.29. The van der Waals surface area contributed by atoms with E-state index in [2.05, 4.69) is 10.3 Å². The zero-order valence-electron chi connectivity index (χ0n) is 15.7. The molecule has 0 radical (unpaired) electrons. The van der Waals surface area contributed by atoms with Gasteiger partial charge in [0.15, 0.2) is 4.77 Å². The van der Waals surface area contributed by atoms with Crippen molar-refractivity contribution in [3.8, 4) is 0 Å². The summed E-state index contributed by atoms with van der Waals surface area (Å²) in [5.41, 5.74) is 0.642. The highest BCUT2D eigenvalue weighted by Gasteiger charge is 2.23. The number of benzene rings is 1. The van der Waals surface area contributed by atoms with E-state index in [0.717, 1.165) is 31.2 Å². The monoisotopic (exact) mass is 403 g/mol. The number of nitrogens with zero attached hydrogens (tertiary/aromatic N) is 1. The molecule has 1 amide bonds. The van der Waals surface area contributed by atoms with Crippen LogP contribution in [0.2, 0.25) is 0 Å². The van der Waals surface area contributed by atoms with Gasteiger partial charge < -0.3 is 15.0 Å². The molecule has 0 atom stereocenters. The second kappa shape index (κ2) is 9.64. The molecule has 1 heterocycles. The van der Waals surface area contributed by atoms with Crippen LogP contribution in [0.1, 0.15) is 38.5 Å². The predicted molar refractivity (Wildman–Crippen MR) is 109 cm³/mol. The Kier molecular flexibility index (Phi) is 6.97. The minimum absolute atomic E-state index is 0.0762. The molecule has 28 heavy (non-hydrogen) atoms. The number of ether oxygens (including phenoxy) is 1. The normalized spacial score (nSPS) is 13.4. The number of fused-ring (bicyclic) bond motifs is 1. The number of unbranched alkanes of at least 4 members (excludes halogenated alkanes) is 2. The summed E-state index contributed by atoms with van der Waals surface area (Å²) in [7, 11) is 0. The van der Waals surface area contributed by atoms with Crippen LogP contribution in [-0.2, 0) is 20.9 Å². The van der Waals surface area contributed by atoms with Crippen LogP contribution in [0.5, 0.6) is 0 Å². The maximum absolute atomic E-state index is 12.5. The van der Waals surface area contributed by atoms with E-state index in [0.29, 0.717) is 42.1 Å². The SMILES string of the molecule is O=C(CCCCCn1c(=S)[nH]c2ccccc2c1=O)NCC(=O)OCC1CC1. The average molecular weight is 404 g/mol. The molecule has 1 aromatic heterocycles. The molecule has 8 heteroatoms. The fourth-order valence-electron chi connectivity index (χ4n) is 2.94. The first-order valence-electron chi connectivity index (χ1n) is 9.69. The number of hydrogen-bond acceptors (Lipinski definition) is 5. The Morgan fingerprint density at radius 2 is 2.00 bits per heavy atom. The van der Waals surface area contributed by atoms with Crippen molar-refractivity contribution in [2.24, 2.45) is 5.92 Å². The summed E-state index contributed by atoms with van der Waals surface area (Å²) in [4.78, 5) is 38.9. The standard InChI is InChI=1S/C20H25N3O4S/c24-17(21-12-18(25)27-13-14-9-10-14)8-2-1-5-11-23-19(26)15-6-3-4-7-16(15)22-20(23)28/h3-4,6-7,14H,1-2,5,8-13H2,(H,21,24)(H,22,28). The third kappa shape index (κ3) is 5.76. The molecule has 0 saturated heterocycles. The summed E-state index contributed by atoms with van der Waals surface area (Å²) in [6.07, 6.45) is 4.79. The number of carbonyl (C=O) groups excluding carboxylic acids is 2. The number of aromatic amines is 1. The first-order valence-corrected chi connectivity index (χ1v) is 10.1. The number of carbonyl (C=O) groups is 2. The number of para-hydroxylation sites is 1. The molecule has 1 fully saturated rings. The zero-order chi connectivity index (χ0) is 19.9. The molecule has 1 aromatic carbocycles. The number of rotatable bonds is 10. The van der Waals surface area contributed by atoms with Crippen LogP contribution in [0.3, 0.4) is 0 Å². The maximum atomic E-state index is 12.5. The molecule has 0 aliphatic heterocycles. The second-order valence-corrected chi connectivity index (χ2v) is 7.53. The lowest BCUT2D eigenvalue weighted by molar-refractivity contribution is -0.144. The van der Waals surface area contributed by atoms with Gasteiger partial charge in [0.1, 0.15) is 6.54 Å². The van der Waals surface area contributed by atoms with Gasteiger partial charge >= 0.3 is 5.97 Å². The van der Waals surface area contributed by atoms with Gasteiger partial charge in [0.2, 0.25) is 5.91 Å². The van der Waals surface area contributed by atoms with E-state index in [1.54, 1.807) is 10.6 Å². The Balaban J connectivity index is 1.36. The third-order valence-corrected chi connectivity index (χ3v) is 5.10. The molecule has 0 bridgehead atoms. The molecule has 3 rings (SSSR count). The Labute approximate surface area is 168 Å². The molecule has 1 aliphatic rings. The Hall–Kier alpha value is -2.48. The van der Waals surface area contributed by atoms with Crippen molar-refractivity contribution in [1.29, 1.82) is 0 Å². The number of hydrogen-bond donors (Lipinski definition) is 2. The Morgan fingerprint density at radius 1 is 1.21 bits per heavy atom. The van der Waals surface area contributed by atoms with Gasteiger partial charge in [-0.2, -0.15) is 0 Å². The van der Waals surface area contributed by atoms with Crippen molar-refractivity contribution in [3.63, 3.8) is 0 Å². The minimum Gasteiger partial charge on any atom is -0.464 e. The summed E-state index contributed by atoms with van der Waals surface area (Å²) in [6.45, 7) is 0.895. The summed E-state index contributed by atoms with van der Waals surface area (Å²) >= 11 is 5.29. The minimum atomic E-state index is -0.384. The number of aromatic nitrogens is 2. The lowest BCUT2D eigenvalue weighted by Gasteiger charge is -2.08. The van der Waals surface area contributed by atoms with Gasteiger partial charge in [0.25, 0.3) is 5.56 Å². The van der Waals surface area contributed by atoms with E-state index in [-0.39, 0.29) is 24.0 Å². The highest BCUT2D eigenvalue weighted by atomic mass is 32.1. The first kappa shape index (κ1) is 20.3. The van der Waals surface area contributed by atoms with Crippen LogP contribution >= 0.6 is 12.2 Å². The largest absolute Gasteiger partial charge is 0.464 e. The molecular formula is C20H25N3O4S. The molecule has 2 aromatic rings. The third-order valence-electron chi connectivity index (χ3n) is 4.78. The fourth-order valence-corrected chi connectivity index (χ4v) is 3.22. The van der Waals surface area contributed by atoms with Crippen LogP contribution in [0, 0.1) is 10.7 Å². The van der Waals surface area contributed by atoms with Gasteiger partial charge in [-0.3, -0.25) is 19.0 Å². The number of esters is 1. The predicted octanol–water partition coefficient (Wildman–Crippen LogP) is 2.69. The van der Waals surface area contributed by atoms with Crippen molar-refractivity contribution in [2.75, 3.05) is 13.2 Å². The number of amides is 1. The number of nitrogens with one attached hydrogen (secondary N) is 2. The number of H-pyrrole nitrogens is 1. The highest BCUT2D eigenvalue weighted by molar-refractivity contribution is 7.71. The van der Waals surface area contributed by atoms with Crippen LogP contribution in [-0.4, -0.2) is 34.6 Å². The van der Waals surface area contributed by atoms with Crippen LogP contribution in [0.25, 0.3) is 10.9 Å². The van der Waals surface area contributed by atoms with E-state index < -0.39 is 0 Å². The molecule has 1 saturated carbocycles. The second-order valence-electron chi connectivity index (χ2n) is 7.15. The molecular weight excluding hydrogens is 378 g/mol.